The zero-order valence-corrected chi connectivity index (χ0v) is 14.9. The van der Waals surface area contributed by atoms with E-state index in [4.69, 9.17) is 0 Å². The lowest BCUT2D eigenvalue weighted by atomic mass is 9.96. The lowest BCUT2D eigenvalue weighted by Gasteiger charge is -2.14. The predicted molar refractivity (Wildman–Crippen MR) is 89.6 cm³/mol. The van der Waals surface area contributed by atoms with E-state index in [1.165, 1.54) is 22.4 Å². The molecule has 2 aromatic heterocycles. The summed E-state index contributed by atoms with van der Waals surface area (Å²) >= 11 is 1.37. The normalized spacial score (nSPS) is 12.9. The number of aromatic nitrogens is 5. The molecule has 0 radical (unpaired) electrons. The molecule has 0 fully saturated rings. The van der Waals surface area contributed by atoms with E-state index in [1.54, 1.807) is 7.05 Å². The molecule has 0 bridgehead atoms. The number of amides is 1. The van der Waals surface area contributed by atoms with Gasteiger partial charge in [-0.2, -0.15) is 4.37 Å². The third kappa shape index (κ3) is 4.72. The summed E-state index contributed by atoms with van der Waals surface area (Å²) < 4.78 is 5.82. The second kappa shape index (κ2) is 7.03. The van der Waals surface area contributed by atoms with E-state index in [0.29, 0.717) is 12.2 Å². The maximum absolute atomic E-state index is 11.9. The number of hydrogen-bond acceptors (Lipinski definition) is 7. The van der Waals surface area contributed by atoms with Gasteiger partial charge in [0, 0.05) is 36.6 Å². The van der Waals surface area contributed by atoms with Crippen molar-refractivity contribution in [3.05, 3.63) is 17.7 Å². The Morgan fingerprint density at radius 3 is 2.74 bits per heavy atom. The van der Waals surface area contributed by atoms with Crippen LogP contribution in [0, 0.1) is 0 Å². The minimum atomic E-state index is -0.171. The SMILES string of the molecule is C[C@@H](CCNC(=O)c1cnnn1C)Nc1nc(C(C)(C)C)ns1. The number of hydrogen-bond donors (Lipinski definition) is 2. The number of nitrogens with zero attached hydrogens (tertiary/aromatic N) is 5. The molecule has 23 heavy (non-hydrogen) atoms. The first-order chi connectivity index (χ1) is 10.8. The van der Waals surface area contributed by atoms with E-state index in [2.05, 4.69) is 58.0 Å². The van der Waals surface area contributed by atoms with Crippen LogP contribution in [0.25, 0.3) is 0 Å². The van der Waals surface area contributed by atoms with Crippen LogP contribution in [0.2, 0.25) is 0 Å². The molecular formula is C14H23N7OS. The molecule has 0 aliphatic heterocycles. The molecule has 2 aromatic rings. The van der Waals surface area contributed by atoms with Gasteiger partial charge in [-0.1, -0.05) is 26.0 Å². The Bertz CT molecular complexity index is 658. The minimum absolute atomic E-state index is 0.0508. The summed E-state index contributed by atoms with van der Waals surface area (Å²) in [5.74, 6) is 0.671. The van der Waals surface area contributed by atoms with Crippen molar-refractivity contribution in [3.8, 4) is 0 Å². The molecule has 0 aliphatic rings. The van der Waals surface area contributed by atoms with Crippen molar-refractivity contribution < 1.29 is 4.79 Å². The fraction of sp³-hybridized carbons (Fsp3) is 0.643. The minimum Gasteiger partial charge on any atom is -0.358 e. The molecule has 2 N–H and O–H groups in total. The van der Waals surface area contributed by atoms with E-state index in [9.17, 15) is 4.79 Å². The third-order valence-corrected chi connectivity index (χ3v) is 3.92. The maximum Gasteiger partial charge on any atom is 0.271 e. The van der Waals surface area contributed by atoms with Crippen LogP contribution in [-0.2, 0) is 12.5 Å². The van der Waals surface area contributed by atoms with Gasteiger partial charge in [0.1, 0.15) is 11.5 Å². The number of carbonyl (C=O) groups is 1. The molecule has 8 nitrogen and oxygen atoms in total. The van der Waals surface area contributed by atoms with Crippen LogP contribution in [0.5, 0.6) is 0 Å². The van der Waals surface area contributed by atoms with E-state index in [1.807, 2.05) is 0 Å². The molecule has 1 atom stereocenters. The number of rotatable bonds is 6. The van der Waals surface area contributed by atoms with Crippen molar-refractivity contribution in [1.82, 2.24) is 29.7 Å². The Kier molecular flexibility index (Phi) is 5.30. The monoisotopic (exact) mass is 337 g/mol. The van der Waals surface area contributed by atoms with E-state index in [0.717, 1.165) is 17.4 Å². The smallest absolute Gasteiger partial charge is 0.271 e. The summed E-state index contributed by atoms with van der Waals surface area (Å²) in [6.07, 6.45) is 2.23. The second-order valence-electron chi connectivity index (χ2n) is 6.51. The zero-order chi connectivity index (χ0) is 17.0. The van der Waals surface area contributed by atoms with Crippen LogP contribution in [0.15, 0.2) is 6.20 Å². The standard InChI is InChI=1S/C14H23N7OS/c1-9(17-13-18-12(19-23-13)14(2,3)4)6-7-15-11(22)10-8-16-20-21(10)5/h8-9H,6-7H2,1-5H3,(H,15,22)(H,17,18,19)/t9-/m0/s1. The molecular weight excluding hydrogens is 314 g/mol. The van der Waals surface area contributed by atoms with Gasteiger partial charge >= 0.3 is 0 Å². The molecule has 0 saturated carbocycles. The quantitative estimate of drug-likeness (QED) is 0.830. The van der Waals surface area contributed by atoms with Crippen LogP contribution < -0.4 is 10.6 Å². The van der Waals surface area contributed by atoms with E-state index >= 15 is 0 Å². The molecule has 0 unspecified atom stereocenters. The molecule has 2 heterocycles. The van der Waals surface area contributed by atoms with Gasteiger partial charge in [0.15, 0.2) is 0 Å². The molecule has 0 spiro atoms. The number of aryl methyl sites for hydroxylation is 1. The van der Waals surface area contributed by atoms with Gasteiger partial charge in [-0.3, -0.25) is 4.79 Å². The summed E-state index contributed by atoms with van der Waals surface area (Å²) in [6, 6.07) is 0.181. The predicted octanol–water partition coefficient (Wildman–Crippen LogP) is 1.58. The van der Waals surface area contributed by atoms with Gasteiger partial charge in [-0.15, -0.1) is 5.10 Å². The fourth-order valence-electron chi connectivity index (χ4n) is 1.86. The van der Waals surface area contributed by atoms with E-state index in [-0.39, 0.29) is 17.4 Å². The Labute approximate surface area is 139 Å². The van der Waals surface area contributed by atoms with Crippen LogP contribution in [0.4, 0.5) is 5.13 Å². The number of carbonyl (C=O) groups excluding carboxylic acids is 1. The summed E-state index contributed by atoms with van der Waals surface area (Å²) in [7, 11) is 1.69. The fourth-order valence-corrected chi connectivity index (χ4v) is 2.73. The van der Waals surface area contributed by atoms with Crippen molar-refractivity contribution in [3.63, 3.8) is 0 Å². The van der Waals surface area contributed by atoms with Gasteiger partial charge in [-0.25, -0.2) is 9.67 Å². The number of nitrogens with one attached hydrogen (secondary N) is 2. The first-order valence-electron chi connectivity index (χ1n) is 7.51. The van der Waals surface area contributed by atoms with Crippen LogP contribution in [-0.4, -0.2) is 42.8 Å². The van der Waals surface area contributed by atoms with Crippen molar-refractivity contribution in [2.24, 2.45) is 7.05 Å². The number of anilines is 1. The van der Waals surface area contributed by atoms with Crippen molar-refractivity contribution in [2.45, 2.75) is 45.6 Å². The molecule has 0 saturated heterocycles. The Morgan fingerprint density at radius 2 is 2.17 bits per heavy atom. The van der Waals surface area contributed by atoms with Crippen LogP contribution in [0.1, 0.15) is 50.4 Å². The third-order valence-electron chi connectivity index (χ3n) is 3.28. The maximum atomic E-state index is 11.9. The summed E-state index contributed by atoms with van der Waals surface area (Å²) in [6.45, 7) is 8.88. The lowest BCUT2D eigenvalue weighted by molar-refractivity contribution is 0.0943. The molecule has 1 amide bonds. The average molecular weight is 337 g/mol. The van der Waals surface area contributed by atoms with Crippen molar-refractivity contribution in [1.29, 1.82) is 0 Å². The highest BCUT2D eigenvalue weighted by Crippen LogP contribution is 2.23. The van der Waals surface area contributed by atoms with Crippen molar-refractivity contribution >= 4 is 22.6 Å². The summed E-state index contributed by atoms with van der Waals surface area (Å²) in [4.78, 5) is 16.4. The average Bonchev–Trinajstić information content (AvgIpc) is 3.07. The van der Waals surface area contributed by atoms with E-state index < -0.39 is 0 Å². The van der Waals surface area contributed by atoms with Gasteiger partial charge in [0.05, 0.1) is 6.20 Å². The lowest BCUT2D eigenvalue weighted by Crippen LogP contribution is -2.30. The molecule has 0 aromatic carbocycles. The Hall–Kier alpha value is -2.03. The highest BCUT2D eigenvalue weighted by molar-refractivity contribution is 7.09. The largest absolute Gasteiger partial charge is 0.358 e. The molecule has 0 aliphatic carbocycles. The van der Waals surface area contributed by atoms with Crippen LogP contribution >= 0.6 is 11.5 Å². The molecule has 126 valence electrons. The van der Waals surface area contributed by atoms with Gasteiger partial charge in [0.25, 0.3) is 5.91 Å². The highest BCUT2D eigenvalue weighted by atomic mass is 32.1. The Balaban J connectivity index is 1.77. The first kappa shape index (κ1) is 17.3. The Morgan fingerprint density at radius 1 is 1.43 bits per heavy atom. The van der Waals surface area contributed by atoms with Gasteiger partial charge < -0.3 is 10.6 Å². The topological polar surface area (TPSA) is 97.6 Å². The molecule has 2 rings (SSSR count). The van der Waals surface area contributed by atoms with Crippen molar-refractivity contribution in [2.75, 3.05) is 11.9 Å². The van der Waals surface area contributed by atoms with Gasteiger partial charge in [-0.05, 0) is 13.3 Å². The molecule has 9 heteroatoms. The zero-order valence-electron chi connectivity index (χ0n) is 14.1. The van der Waals surface area contributed by atoms with Gasteiger partial charge in [0.2, 0.25) is 5.13 Å². The second-order valence-corrected chi connectivity index (χ2v) is 7.26. The summed E-state index contributed by atoms with van der Waals surface area (Å²) in [5.41, 5.74) is 0.398. The van der Waals surface area contributed by atoms with Crippen LogP contribution in [0.3, 0.4) is 0 Å². The highest BCUT2D eigenvalue weighted by Gasteiger charge is 2.20. The first-order valence-corrected chi connectivity index (χ1v) is 8.28. The summed E-state index contributed by atoms with van der Waals surface area (Å²) in [5, 5.41) is 14.4.